The Labute approximate surface area is 106 Å². The summed E-state index contributed by atoms with van der Waals surface area (Å²) in [6, 6.07) is 0. The highest BCUT2D eigenvalue weighted by molar-refractivity contribution is 5.34. The summed E-state index contributed by atoms with van der Waals surface area (Å²) in [5, 5.41) is 10.5. The highest BCUT2D eigenvalue weighted by atomic mass is 16.6. The van der Waals surface area contributed by atoms with Crippen LogP contribution in [0.2, 0.25) is 0 Å². The summed E-state index contributed by atoms with van der Waals surface area (Å²) >= 11 is 0. The molecule has 18 heavy (non-hydrogen) atoms. The van der Waals surface area contributed by atoms with Gasteiger partial charge in [0.25, 0.3) is 0 Å². The lowest BCUT2D eigenvalue weighted by molar-refractivity contribution is -0.385. The lowest BCUT2D eigenvalue weighted by Gasteiger charge is -2.34. The van der Waals surface area contributed by atoms with Crippen LogP contribution in [-0.2, 0) is 0 Å². The Balaban J connectivity index is 1.95. The van der Waals surface area contributed by atoms with Gasteiger partial charge in [0.1, 0.15) is 12.4 Å². The van der Waals surface area contributed by atoms with Crippen molar-refractivity contribution < 1.29 is 4.92 Å². The standard InChI is InChI=1S/C11H17N5O2/c1-2-3-14-4-6-15(7-5-14)11-12-8-10(9-13-11)16(17)18/h8-9H,2-7H2,1H3. The number of nitro groups is 1. The van der Waals surface area contributed by atoms with E-state index in [1.165, 1.54) is 12.4 Å². The van der Waals surface area contributed by atoms with Gasteiger partial charge in [-0.1, -0.05) is 6.92 Å². The molecule has 0 N–H and O–H groups in total. The minimum atomic E-state index is -0.483. The van der Waals surface area contributed by atoms with Crippen molar-refractivity contribution in [1.82, 2.24) is 14.9 Å². The van der Waals surface area contributed by atoms with Gasteiger partial charge in [-0.3, -0.25) is 15.0 Å². The van der Waals surface area contributed by atoms with Gasteiger partial charge >= 0.3 is 5.69 Å². The van der Waals surface area contributed by atoms with Crippen molar-refractivity contribution in [3.05, 3.63) is 22.5 Å². The second-order valence-electron chi connectivity index (χ2n) is 4.33. The van der Waals surface area contributed by atoms with Gasteiger partial charge in [0.15, 0.2) is 0 Å². The molecule has 1 aliphatic heterocycles. The van der Waals surface area contributed by atoms with E-state index < -0.39 is 4.92 Å². The molecule has 1 aromatic heterocycles. The molecule has 0 radical (unpaired) electrons. The van der Waals surface area contributed by atoms with Crippen LogP contribution >= 0.6 is 0 Å². The molecule has 1 aromatic rings. The van der Waals surface area contributed by atoms with Crippen LogP contribution in [0, 0.1) is 10.1 Å². The van der Waals surface area contributed by atoms with Crippen molar-refractivity contribution >= 4 is 11.6 Å². The summed E-state index contributed by atoms with van der Waals surface area (Å²) in [4.78, 5) is 22.6. The smallest absolute Gasteiger partial charge is 0.305 e. The van der Waals surface area contributed by atoms with E-state index in [0.29, 0.717) is 5.95 Å². The Bertz CT molecular complexity index is 400. The van der Waals surface area contributed by atoms with E-state index in [-0.39, 0.29) is 5.69 Å². The van der Waals surface area contributed by atoms with Gasteiger partial charge in [0.2, 0.25) is 5.95 Å². The van der Waals surface area contributed by atoms with Gasteiger partial charge < -0.3 is 4.90 Å². The van der Waals surface area contributed by atoms with Crippen LogP contribution in [0.5, 0.6) is 0 Å². The molecular formula is C11H17N5O2. The minimum Gasteiger partial charge on any atom is -0.338 e. The molecule has 0 atom stereocenters. The molecule has 7 heteroatoms. The van der Waals surface area contributed by atoms with Gasteiger partial charge in [-0.2, -0.15) is 0 Å². The zero-order valence-electron chi connectivity index (χ0n) is 10.4. The van der Waals surface area contributed by atoms with Crippen LogP contribution in [0.25, 0.3) is 0 Å². The van der Waals surface area contributed by atoms with Crippen LogP contribution in [0.4, 0.5) is 11.6 Å². The van der Waals surface area contributed by atoms with Gasteiger partial charge in [-0.25, -0.2) is 9.97 Å². The van der Waals surface area contributed by atoms with E-state index in [4.69, 9.17) is 0 Å². The van der Waals surface area contributed by atoms with E-state index in [9.17, 15) is 10.1 Å². The Morgan fingerprint density at radius 1 is 1.28 bits per heavy atom. The predicted octanol–water partition coefficient (Wildman–Crippen LogP) is 0.917. The van der Waals surface area contributed by atoms with Crippen LogP contribution in [0.3, 0.4) is 0 Å². The molecule has 2 heterocycles. The summed E-state index contributed by atoms with van der Waals surface area (Å²) < 4.78 is 0. The zero-order chi connectivity index (χ0) is 13.0. The molecule has 0 unspecified atom stereocenters. The Morgan fingerprint density at radius 3 is 2.39 bits per heavy atom. The SMILES string of the molecule is CCCN1CCN(c2ncc([N+](=O)[O-])cn2)CC1. The fraction of sp³-hybridized carbons (Fsp3) is 0.636. The molecule has 7 nitrogen and oxygen atoms in total. The normalized spacial score (nSPS) is 16.8. The third-order valence-electron chi connectivity index (χ3n) is 3.03. The van der Waals surface area contributed by atoms with Crippen LogP contribution in [-0.4, -0.2) is 52.5 Å². The van der Waals surface area contributed by atoms with Crippen molar-refractivity contribution in [3.63, 3.8) is 0 Å². The van der Waals surface area contributed by atoms with E-state index in [2.05, 4.69) is 26.7 Å². The molecule has 2 rings (SSSR count). The largest absolute Gasteiger partial charge is 0.338 e. The molecule has 1 aliphatic rings. The van der Waals surface area contributed by atoms with Gasteiger partial charge in [-0.05, 0) is 13.0 Å². The summed E-state index contributed by atoms with van der Waals surface area (Å²) in [7, 11) is 0. The number of hydrogen-bond donors (Lipinski definition) is 0. The third-order valence-corrected chi connectivity index (χ3v) is 3.03. The first kappa shape index (κ1) is 12.7. The van der Waals surface area contributed by atoms with Gasteiger partial charge in [0.05, 0.1) is 4.92 Å². The predicted molar refractivity (Wildman–Crippen MR) is 67.6 cm³/mol. The Kier molecular flexibility index (Phi) is 4.03. The average molecular weight is 251 g/mol. The molecular weight excluding hydrogens is 234 g/mol. The lowest BCUT2D eigenvalue weighted by atomic mass is 10.3. The number of piperazine rings is 1. The van der Waals surface area contributed by atoms with Crippen LogP contribution in [0.15, 0.2) is 12.4 Å². The number of anilines is 1. The van der Waals surface area contributed by atoms with Crippen molar-refractivity contribution in [2.24, 2.45) is 0 Å². The van der Waals surface area contributed by atoms with E-state index >= 15 is 0 Å². The molecule has 0 spiro atoms. The fourth-order valence-corrected chi connectivity index (χ4v) is 2.06. The average Bonchev–Trinajstić information content (AvgIpc) is 2.40. The summed E-state index contributed by atoms with van der Waals surface area (Å²) in [6.45, 7) is 7.03. The maximum absolute atomic E-state index is 10.5. The third kappa shape index (κ3) is 2.92. The molecule has 0 bridgehead atoms. The first-order valence-corrected chi connectivity index (χ1v) is 6.14. The molecule has 0 amide bonds. The van der Waals surface area contributed by atoms with Crippen molar-refractivity contribution in [2.75, 3.05) is 37.6 Å². The number of aromatic nitrogens is 2. The van der Waals surface area contributed by atoms with Crippen LogP contribution in [0.1, 0.15) is 13.3 Å². The van der Waals surface area contributed by atoms with Crippen molar-refractivity contribution in [3.8, 4) is 0 Å². The molecule has 0 aromatic carbocycles. The monoisotopic (exact) mass is 251 g/mol. The molecule has 0 saturated carbocycles. The lowest BCUT2D eigenvalue weighted by Crippen LogP contribution is -2.47. The van der Waals surface area contributed by atoms with E-state index in [1.54, 1.807) is 0 Å². The molecule has 1 fully saturated rings. The second-order valence-corrected chi connectivity index (χ2v) is 4.33. The topological polar surface area (TPSA) is 75.4 Å². The summed E-state index contributed by atoms with van der Waals surface area (Å²) in [6.07, 6.45) is 3.69. The van der Waals surface area contributed by atoms with Gasteiger partial charge in [0, 0.05) is 26.2 Å². The first-order valence-electron chi connectivity index (χ1n) is 6.14. The van der Waals surface area contributed by atoms with E-state index in [0.717, 1.165) is 39.1 Å². The maximum Gasteiger partial charge on any atom is 0.305 e. The Morgan fingerprint density at radius 2 is 1.89 bits per heavy atom. The number of hydrogen-bond acceptors (Lipinski definition) is 6. The van der Waals surface area contributed by atoms with Crippen LogP contribution < -0.4 is 4.90 Å². The molecule has 1 saturated heterocycles. The Hall–Kier alpha value is -1.76. The first-order chi connectivity index (χ1) is 8.70. The van der Waals surface area contributed by atoms with E-state index in [1.807, 2.05) is 0 Å². The second kappa shape index (κ2) is 5.72. The minimum absolute atomic E-state index is 0.0663. The molecule has 0 aliphatic carbocycles. The van der Waals surface area contributed by atoms with Crippen molar-refractivity contribution in [1.29, 1.82) is 0 Å². The highest BCUT2D eigenvalue weighted by Gasteiger charge is 2.18. The van der Waals surface area contributed by atoms with Gasteiger partial charge in [-0.15, -0.1) is 0 Å². The summed E-state index contributed by atoms with van der Waals surface area (Å²) in [5.74, 6) is 0.580. The van der Waals surface area contributed by atoms with Crippen molar-refractivity contribution in [2.45, 2.75) is 13.3 Å². The summed E-state index contributed by atoms with van der Waals surface area (Å²) in [5.41, 5.74) is -0.0663. The number of rotatable bonds is 4. The maximum atomic E-state index is 10.5. The molecule has 98 valence electrons. The number of nitrogens with zero attached hydrogens (tertiary/aromatic N) is 5. The quantitative estimate of drug-likeness (QED) is 0.585. The highest BCUT2D eigenvalue weighted by Crippen LogP contribution is 2.13. The zero-order valence-corrected chi connectivity index (χ0v) is 10.4. The fourth-order valence-electron chi connectivity index (χ4n) is 2.06.